The lowest BCUT2D eigenvalue weighted by Crippen LogP contribution is -2.44. The summed E-state index contributed by atoms with van der Waals surface area (Å²) in [5.41, 5.74) is 4.37. The quantitative estimate of drug-likeness (QED) is 0.539. The zero-order chi connectivity index (χ0) is 24.2. The maximum Gasteiger partial charge on any atom is 0.139 e. The number of carbonyl (C=O) groups excluding carboxylic acids is 1. The van der Waals surface area contributed by atoms with Crippen LogP contribution < -0.4 is 4.74 Å². The predicted molar refractivity (Wildman–Crippen MR) is 133 cm³/mol. The van der Waals surface area contributed by atoms with Crippen molar-refractivity contribution in [3.63, 3.8) is 0 Å². The molecular formula is C29H33N3O3. The van der Waals surface area contributed by atoms with E-state index in [1.54, 1.807) is 7.11 Å². The third-order valence-electron chi connectivity index (χ3n) is 9.21. The smallest absolute Gasteiger partial charge is 0.139 e. The van der Waals surface area contributed by atoms with Gasteiger partial charge in [0, 0.05) is 23.9 Å². The molecule has 0 saturated heterocycles. The van der Waals surface area contributed by atoms with Crippen LogP contribution in [0.4, 0.5) is 0 Å². The minimum Gasteiger partial charge on any atom is -0.508 e. The summed E-state index contributed by atoms with van der Waals surface area (Å²) in [7, 11) is 1.66. The highest BCUT2D eigenvalue weighted by atomic mass is 16.5. The highest BCUT2D eigenvalue weighted by Gasteiger charge is 2.58. The number of aromatic hydroxyl groups is 1. The van der Waals surface area contributed by atoms with E-state index in [9.17, 15) is 9.90 Å². The van der Waals surface area contributed by atoms with Crippen molar-refractivity contribution in [1.82, 2.24) is 15.0 Å². The summed E-state index contributed by atoms with van der Waals surface area (Å²) in [5, 5.41) is 18.7. The lowest BCUT2D eigenvalue weighted by Gasteiger charge is -2.50. The largest absolute Gasteiger partial charge is 0.508 e. The molecule has 0 unspecified atom stereocenters. The van der Waals surface area contributed by atoms with Gasteiger partial charge in [-0.1, -0.05) is 18.2 Å². The molecular weight excluding hydrogens is 438 g/mol. The highest BCUT2D eigenvalue weighted by molar-refractivity contribution is 5.87. The second-order valence-electron chi connectivity index (χ2n) is 10.9. The van der Waals surface area contributed by atoms with Crippen LogP contribution in [0.2, 0.25) is 0 Å². The summed E-state index contributed by atoms with van der Waals surface area (Å²) in [6.07, 6.45) is 7.78. The predicted octanol–water partition coefficient (Wildman–Crippen LogP) is 5.40. The minimum absolute atomic E-state index is 0.198. The Balaban J connectivity index is 1.20. The van der Waals surface area contributed by atoms with Crippen LogP contribution in [0.25, 0.3) is 11.3 Å². The minimum atomic E-state index is -0.198. The molecule has 2 saturated carbocycles. The highest BCUT2D eigenvalue weighted by Crippen LogP contribution is 2.62. The van der Waals surface area contributed by atoms with Crippen molar-refractivity contribution in [1.29, 1.82) is 0 Å². The van der Waals surface area contributed by atoms with Crippen molar-refractivity contribution in [3.8, 4) is 22.8 Å². The number of hydrogen-bond donors (Lipinski definition) is 1. The van der Waals surface area contributed by atoms with Crippen molar-refractivity contribution in [3.05, 3.63) is 59.8 Å². The van der Waals surface area contributed by atoms with Crippen LogP contribution in [-0.4, -0.2) is 33.0 Å². The van der Waals surface area contributed by atoms with Crippen molar-refractivity contribution >= 4 is 5.78 Å². The van der Waals surface area contributed by atoms with E-state index < -0.39 is 0 Å². The third kappa shape index (κ3) is 3.74. The van der Waals surface area contributed by atoms with Crippen molar-refractivity contribution in [2.75, 3.05) is 7.11 Å². The number of hydrogen-bond acceptors (Lipinski definition) is 5. The van der Waals surface area contributed by atoms with Crippen molar-refractivity contribution < 1.29 is 14.6 Å². The monoisotopic (exact) mass is 471 g/mol. The summed E-state index contributed by atoms with van der Waals surface area (Å²) >= 11 is 0. The first-order chi connectivity index (χ1) is 17.0. The van der Waals surface area contributed by atoms with Crippen molar-refractivity contribution in [2.45, 2.75) is 57.9 Å². The molecule has 1 N–H and O–H groups in total. The van der Waals surface area contributed by atoms with Gasteiger partial charge in [-0.2, -0.15) is 0 Å². The molecule has 3 aliphatic carbocycles. The molecule has 6 nitrogen and oxygen atoms in total. The number of ketones is 1. The number of phenols is 1. The van der Waals surface area contributed by atoms with Gasteiger partial charge in [0.15, 0.2) is 0 Å². The number of aryl methyl sites for hydroxylation is 2. The number of Topliss-reactive ketones (excluding diaryl/α,β-unsaturated/α-hetero) is 1. The van der Waals surface area contributed by atoms with Gasteiger partial charge in [0.25, 0.3) is 0 Å². The van der Waals surface area contributed by atoms with Crippen LogP contribution in [-0.2, 0) is 17.8 Å². The molecule has 6 heteroatoms. The molecule has 0 radical (unpaired) electrons. The molecule has 182 valence electrons. The van der Waals surface area contributed by atoms with Gasteiger partial charge in [0.05, 0.1) is 13.3 Å². The topological polar surface area (TPSA) is 77.2 Å². The number of nitrogens with zero attached hydrogens (tertiary/aromatic N) is 3. The average molecular weight is 472 g/mol. The van der Waals surface area contributed by atoms with Gasteiger partial charge in [-0.15, -0.1) is 5.10 Å². The van der Waals surface area contributed by atoms with Crippen LogP contribution in [0, 0.1) is 23.2 Å². The van der Waals surface area contributed by atoms with Gasteiger partial charge in [0.2, 0.25) is 0 Å². The summed E-state index contributed by atoms with van der Waals surface area (Å²) in [6, 6.07) is 13.8. The van der Waals surface area contributed by atoms with Gasteiger partial charge in [-0.25, -0.2) is 0 Å². The van der Waals surface area contributed by atoms with Crippen LogP contribution in [0.5, 0.6) is 11.5 Å². The summed E-state index contributed by atoms with van der Waals surface area (Å²) in [6.45, 7) is 3.01. The second-order valence-corrected chi connectivity index (χ2v) is 10.9. The molecule has 0 spiro atoms. The molecule has 35 heavy (non-hydrogen) atoms. The van der Waals surface area contributed by atoms with E-state index in [-0.39, 0.29) is 5.41 Å². The molecule has 3 aromatic rings. The van der Waals surface area contributed by atoms with Gasteiger partial charge in [-0.3, -0.25) is 9.48 Å². The number of aromatic nitrogens is 3. The molecule has 0 amide bonds. The molecule has 5 atom stereocenters. The number of ether oxygens (including phenoxy) is 1. The van der Waals surface area contributed by atoms with Crippen LogP contribution in [0.1, 0.15) is 56.1 Å². The number of rotatable bonds is 5. The lowest BCUT2D eigenvalue weighted by molar-refractivity contribution is -0.129. The number of phenolic OH excluding ortho intramolecular Hbond substituents is 1. The van der Waals surface area contributed by atoms with E-state index in [1.807, 2.05) is 47.3 Å². The molecule has 2 aromatic carbocycles. The second kappa shape index (κ2) is 8.51. The molecule has 3 aliphatic rings. The summed E-state index contributed by atoms with van der Waals surface area (Å²) in [4.78, 5) is 13.3. The Labute approximate surface area is 206 Å². The first kappa shape index (κ1) is 22.3. The zero-order valence-electron chi connectivity index (χ0n) is 20.5. The van der Waals surface area contributed by atoms with E-state index in [0.29, 0.717) is 41.6 Å². The Morgan fingerprint density at radius 3 is 2.80 bits per heavy atom. The van der Waals surface area contributed by atoms with Gasteiger partial charge in [0.1, 0.15) is 23.0 Å². The van der Waals surface area contributed by atoms with Gasteiger partial charge in [-0.05, 0) is 103 Å². The van der Waals surface area contributed by atoms with Crippen LogP contribution in [0.15, 0.2) is 48.7 Å². The molecule has 1 aromatic heterocycles. The summed E-state index contributed by atoms with van der Waals surface area (Å²) < 4.78 is 7.18. The molecule has 0 bridgehead atoms. The third-order valence-corrected chi connectivity index (χ3v) is 9.21. The van der Waals surface area contributed by atoms with E-state index in [2.05, 4.69) is 23.3 Å². The lowest BCUT2D eigenvalue weighted by atomic mass is 9.54. The number of fused-ring (bicyclic) bond motifs is 5. The van der Waals surface area contributed by atoms with E-state index in [1.165, 1.54) is 11.1 Å². The Hall–Kier alpha value is -3.15. The fraction of sp³-hybridized carbons (Fsp3) is 0.483. The van der Waals surface area contributed by atoms with Gasteiger partial charge < -0.3 is 9.84 Å². The molecule has 0 aliphatic heterocycles. The Bertz CT molecular complexity index is 1250. The average Bonchev–Trinajstić information content (AvgIpc) is 3.44. The SMILES string of the molecule is COc1ccc(-c2cn(CC[C@@H]3CC(=O)[C@@]4(C)CC[C@@H]5c6ccc(O)cc6CC[C@H]5[C@H]34)nn2)cc1. The van der Waals surface area contributed by atoms with E-state index >= 15 is 0 Å². The fourth-order valence-electron chi connectivity index (χ4n) is 7.49. The standard InChI is InChI=1S/C29H33N3O3/c1-29-13-11-24-23-10-6-21(33)15-19(23)5-9-25(24)28(29)20(16-27(29)34)12-14-32-17-26(30-31-32)18-3-7-22(35-2)8-4-18/h3-4,6-8,10,15,17,20,24-25,28,33H,5,9,11-14,16H2,1-2H3/t20-,24-,25-,28+,29-/m1/s1. The Morgan fingerprint density at radius 2 is 2.00 bits per heavy atom. The summed E-state index contributed by atoms with van der Waals surface area (Å²) in [5.74, 6) is 3.47. The van der Waals surface area contributed by atoms with E-state index in [4.69, 9.17) is 4.74 Å². The van der Waals surface area contributed by atoms with E-state index in [0.717, 1.165) is 55.7 Å². The van der Waals surface area contributed by atoms with Crippen LogP contribution in [0.3, 0.4) is 0 Å². The maximum atomic E-state index is 13.3. The number of methoxy groups -OCH3 is 1. The molecule has 2 fully saturated rings. The molecule has 1 heterocycles. The molecule has 6 rings (SSSR count). The Kier molecular flexibility index (Phi) is 5.42. The van der Waals surface area contributed by atoms with Crippen molar-refractivity contribution in [2.24, 2.45) is 23.2 Å². The van der Waals surface area contributed by atoms with Crippen LogP contribution >= 0.6 is 0 Å². The zero-order valence-corrected chi connectivity index (χ0v) is 20.5. The normalized spacial score (nSPS) is 29.4. The fourth-order valence-corrected chi connectivity index (χ4v) is 7.49. The van der Waals surface area contributed by atoms with Gasteiger partial charge >= 0.3 is 0 Å². The first-order valence-corrected chi connectivity index (χ1v) is 12.9. The Morgan fingerprint density at radius 1 is 1.17 bits per heavy atom. The maximum absolute atomic E-state index is 13.3. The number of carbonyl (C=O) groups is 1. The number of benzene rings is 2. The first-order valence-electron chi connectivity index (χ1n) is 12.9.